The third-order valence-electron chi connectivity index (χ3n) is 3.25. The predicted molar refractivity (Wildman–Crippen MR) is 86.1 cm³/mol. The smallest absolute Gasteiger partial charge is 0.341 e. The molecule has 1 aromatic heterocycles. The quantitative estimate of drug-likeness (QED) is 0.760. The number of esters is 1. The summed E-state index contributed by atoms with van der Waals surface area (Å²) in [6, 6.07) is 0. The van der Waals surface area contributed by atoms with E-state index in [2.05, 4.69) is 10.6 Å². The molecule has 0 saturated carbocycles. The summed E-state index contributed by atoms with van der Waals surface area (Å²) < 4.78 is 5.07. The van der Waals surface area contributed by atoms with Gasteiger partial charge < -0.3 is 15.4 Å². The number of hydrogen-bond acceptors (Lipinski definition) is 5. The van der Waals surface area contributed by atoms with Gasteiger partial charge in [0.05, 0.1) is 12.2 Å². The van der Waals surface area contributed by atoms with E-state index in [0.29, 0.717) is 23.7 Å². The lowest BCUT2D eigenvalue weighted by atomic mass is 10.1. The van der Waals surface area contributed by atoms with Gasteiger partial charge in [0.25, 0.3) is 0 Å². The number of rotatable bonds is 7. The van der Waals surface area contributed by atoms with Gasteiger partial charge in [0.15, 0.2) is 0 Å². The molecule has 0 aliphatic heterocycles. The van der Waals surface area contributed by atoms with Crippen LogP contribution < -0.4 is 10.6 Å². The first kappa shape index (κ1) is 17.7. The fourth-order valence-electron chi connectivity index (χ4n) is 1.85. The Bertz CT molecular complexity index is 511. The van der Waals surface area contributed by atoms with Crippen LogP contribution in [-0.2, 0) is 9.53 Å². The van der Waals surface area contributed by atoms with Crippen LogP contribution in [0.2, 0.25) is 0 Å². The monoisotopic (exact) mass is 312 g/mol. The lowest BCUT2D eigenvalue weighted by Gasteiger charge is -2.12. The van der Waals surface area contributed by atoms with Crippen molar-refractivity contribution < 1.29 is 14.3 Å². The van der Waals surface area contributed by atoms with Crippen molar-refractivity contribution in [2.45, 2.75) is 34.6 Å². The topological polar surface area (TPSA) is 67.4 Å². The molecule has 0 spiro atoms. The molecule has 2 N–H and O–H groups in total. The second-order valence-electron chi connectivity index (χ2n) is 4.91. The molecule has 5 nitrogen and oxygen atoms in total. The average Bonchev–Trinajstić information content (AvgIpc) is 2.71. The van der Waals surface area contributed by atoms with Crippen molar-refractivity contribution in [2.75, 3.05) is 25.0 Å². The summed E-state index contributed by atoms with van der Waals surface area (Å²) in [4.78, 5) is 25.2. The van der Waals surface area contributed by atoms with E-state index in [1.807, 2.05) is 27.7 Å². The van der Waals surface area contributed by atoms with Gasteiger partial charge in [0, 0.05) is 17.3 Å². The molecule has 6 heteroatoms. The van der Waals surface area contributed by atoms with Crippen molar-refractivity contribution in [3.05, 3.63) is 16.0 Å². The van der Waals surface area contributed by atoms with Gasteiger partial charge in [-0.2, -0.15) is 0 Å². The van der Waals surface area contributed by atoms with Crippen LogP contribution in [0.4, 0.5) is 5.00 Å². The number of thiophene rings is 1. The van der Waals surface area contributed by atoms with E-state index < -0.39 is 0 Å². The summed E-state index contributed by atoms with van der Waals surface area (Å²) in [6.07, 6.45) is 0. The zero-order chi connectivity index (χ0) is 16.0. The van der Waals surface area contributed by atoms with Gasteiger partial charge in [-0.3, -0.25) is 4.79 Å². The van der Waals surface area contributed by atoms with E-state index in [4.69, 9.17) is 4.74 Å². The molecule has 0 radical (unpaired) electrons. The van der Waals surface area contributed by atoms with Gasteiger partial charge in [-0.05, 0) is 32.9 Å². The molecule has 21 heavy (non-hydrogen) atoms. The van der Waals surface area contributed by atoms with Crippen molar-refractivity contribution in [3.8, 4) is 0 Å². The maximum absolute atomic E-state index is 12.2. The molecule has 1 amide bonds. The maximum Gasteiger partial charge on any atom is 0.341 e. The molecule has 118 valence electrons. The lowest BCUT2D eigenvalue weighted by Crippen LogP contribution is -2.30. The normalized spacial score (nSPS) is 12.0. The largest absolute Gasteiger partial charge is 0.462 e. The van der Waals surface area contributed by atoms with Crippen LogP contribution in [-0.4, -0.2) is 31.6 Å². The predicted octanol–water partition coefficient (Wildman–Crippen LogP) is 2.73. The molecule has 0 saturated heterocycles. The Morgan fingerprint density at radius 2 is 1.95 bits per heavy atom. The summed E-state index contributed by atoms with van der Waals surface area (Å²) in [5.74, 6) is -0.639. The molecule has 0 aromatic carbocycles. The first-order valence-corrected chi connectivity index (χ1v) is 8.02. The number of hydrogen-bond donors (Lipinski definition) is 2. The van der Waals surface area contributed by atoms with Crippen molar-refractivity contribution >= 4 is 28.2 Å². The first-order valence-electron chi connectivity index (χ1n) is 7.20. The highest BCUT2D eigenvalue weighted by Gasteiger charge is 2.23. The second kappa shape index (κ2) is 8.14. The highest BCUT2D eigenvalue weighted by Crippen LogP contribution is 2.33. The Morgan fingerprint density at radius 3 is 2.52 bits per heavy atom. The van der Waals surface area contributed by atoms with E-state index in [-0.39, 0.29) is 17.8 Å². The van der Waals surface area contributed by atoms with Gasteiger partial charge in [-0.25, -0.2) is 4.79 Å². The lowest BCUT2D eigenvalue weighted by molar-refractivity contribution is -0.119. The van der Waals surface area contributed by atoms with Gasteiger partial charge in [0.2, 0.25) is 5.91 Å². The van der Waals surface area contributed by atoms with Crippen LogP contribution in [0.1, 0.15) is 41.6 Å². The number of ether oxygens (including phenoxy) is 1. The number of amides is 1. The van der Waals surface area contributed by atoms with E-state index in [0.717, 1.165) is 17.0 Å². The second-order valence-corrected chi connectivity index (χ2v) is 6.13. The molecule has 0 aliphatic carbocycles. The number of carbonyl (C=O) groups is 2. The molecule has 1 rings (SSSR count). The van der Waals surface area contributed by atoms with Crippen LogP contribution in [0.25, 0.3) is 0 Å². The fraction of sp³-hybridized carbons (Fsp3) is 0.600. The molecular weight excluding hydrogens is 288 g/mol. The molecular formula is C15H24N2O3S. The van der Waals surface area contributed by atoms with Crippen molar-refractivity contribution in [2.24, 2.45) is 5.92 Å². The summed E-state index contributed by atoms with van der Waals surface area (Å²) in [6.45, 7) is 11.2. The number of carbonyl (C=O) groups excluding carboxylic acids is 2. The Hall–Kier alpha value is -1.40. The number of nitrogens with one attached hydrogen (secondary N) is 2. The van der Waals surface area contributed by atoms with Crippen LogP contribution in [0, 0.1) is 19.8 Å². The van der Waals surface area contributed by atoms with Crippen LogP contribution in [0.15, 0.2) is 0 Å². The molecule has 1 aromatic rings. The van der Waals surface area contributed by atoms with Gasteiger partial charge in [-0.1, -0.05) is 13.8 Å². The molecule has 1 unspecified atom stereocenters. The van der Waals surface area contributed by atoms with Crippen molar-refractivity contribution in [3.63, 3.8) is 0 Å². The zero-order valence-electron chi connectivity index (χ0n) is 13.3. The molecule has 1 atom stereocenters. The van der Waals surface area contributed by atoms with Gasteiger partial charge >= 0.3 is 5.97 Å². The Morgan fingerprint density at radius 1 is 1.29 bits per heavy atom. The summed E-state index contributed by atoms with van der Waals surface area (Å²) in [5, 5.41) is 6.58. The summed E-state index contributed by atoms with van der Waals surface area (Å²) in [5.41, 5.74) is 1.34. The van der Waals surface area contributed by atoms with E-state index in [1.165, 1.54) is 11.3 Å². The fourth-order valence-corrected chi connectivity index (χ4v) is 2.90. The van der Waals surface area contributed by atoms with Crippen LogP contribution in [0.3, 0.4) is 0 Å². The number of anilines is 1. The third-order valence-corrected chi connectivity index (χ3v) is 4.37. The van der Waals surface area contributed by atoms with Crippen LogP contribution >= 0.6 is 11.3 Å². The van der Waals surface area contributed by atoms with E-state index in [9.17, 15) is 9.59 Å². The highest BCUT2D eigenvalue weighted by molar-refractivity contribution is 7.16. The SMILES string of the molecule is CCNCC(C)C(=O)Nc1sc(C)c(C)c1C(=O)OCC. The molecule has 0 bridgehead atoms. The average molecular weight is 312 g/mol. The van der Waals surface area contributed by atoms with Gasteiger partial charge in [-0.15, -0.1) is 11.3 Å². The maximum atomic E-state index is 12.2. The van der Waals surface area contributed by atoms with Crippen molar-refractivity contribution in [1.82, 2.24) is 5.32 Å². The van der Waals surface area contributed by atoms with E-state index >= 15 is 0 Å². The number of aryl methyl sites for hydroxylation is 1. The highest BCUT2D eigenvalue weighted by atomic mass is 32.1. The standard InChI is InChI=1S/C15H24N2O3S/c1-6-16-8-9(3)13(18)17-14-12(15(19)20-7-2)10(4)11(5)21-14/h9,16H,6-8H2,1-5H3,(H,17,18). The summed E-state index contributed by atoms with van der Waals surface area (Å²) >= 11 is 1.41. The molecule has 0 fully saturated rings. The zero-order valence-corrected chi connectivity index (χ0v) is 14.1. The van der Waals surface area contributed by atoms with E-state index in [1.54, 1.807) is 6.92 Å². The first-order chi connectivity index (χ1) is 9.92. The minimum atomic E-state index is -0.381. The Labute approximate surface area is 130 Å². The molecule has 0 aliphatic rings. The third kappa shape index (κ3) is 4.54. The summed E-state index contributed by atoms with van der Waals surface area (Å²) in [7, 11) is 0. The van der Waals surface area contributed by atoms with Crippen LogP contribution in [0.5, 0.6) is 0 Å². The minimum Gasteiger partial charge on any atom is -0.462 e. The van der Waals surface area contributed by atoms with Crippen molar-refractivity contribution in [1.29, 1.82) is 0 Å². The molecule has 1 heterocycles. The Kier molecular flexibility index (Phi) is 6.84. The Balaban J connectivity index is 2.90. The minimum absolute atomic E-state index is 0.0947. The van der Waals surface area contributed by atoms with Gasteiger partial charge in [0.1, 0.15) is 5.00 Å².